The molecule has 0 spiro atoms. The third-order valence-corrected chi connectivity index (χ3v) is 1.94. The van der Waals surface area contributed by atoms with Gasteiger partial charge < -0.3 is 14.7 Å². The number of methoxy groups -OCH3 is 1. The lowest BCUT2D eigenvalue weighted by Gasteiger charge is -2.18. The molecule has 0 saturated heterocycles. The van der Waals surface area contributed by atoms with Crippen molar-refractivity contribution in [3.05, 3.63) is 18.1 Å². The Labute approximate surface area is 103 Å². The van der Waals surface area contributed by atoms with E-state index in [1.807, 2.05) is 0 Å². The number of hydrogen-bond donors (Lipinski definition) is 1. The first-order valence-corrected chi connectivity index (χ1v) is 4.90. The van der Waals surface area contributed by atoms with E-state index in [0.29, 0.717) is 0 Å². The van der Waals surface area contributed by atoms with E-state index in [1.165, 1.54) is 24.3 Å². The number of carboxylic acids is 1. The zero-order valence-corrected chi connectivity index (χ0v) is 9.66. The van der Waals surface area contributed by atoms with Crippen molar-refractivity contribution < 1.29 is 19.4 Å². The lowest BCUT2D eigenvalue weighted by atomic mass is 10.4. The summed E-state index contributed by atoms with van der Waals surface area (Å²) in [7, 11) is 1.20. The lowest BCUT2D eigenvalue weighted by Crippen LogP contribution is -2.31. The molecule has 0 atom stereocenters. The Bertz CT molecular complexity index is 495. The monoisotopic (exact) mass is 249 g/mol. The molecule has 18 heavy (non-hydrogen) atoms. The number of carbonyl (C=O) groups is 2. The van der Waals surface area contributed by atoms with Crippen LogP contribution >= 0.6 is 0 Å². The predicted molar refractivity (Wildman–Crippen MR) is 62.1 cm³/mol. The van der Waals surface area contributed by atoms with Crippen LogP contribution in [0.2, 0.25) is 0 Å². The molecular weight excluding hydrogens is 238 g/mol. The molecule has 7 nitrogen and oxygen atoms in total. The fourth-order valence-electron chi connectivity index (χ4n) is 1.21. The first-order valence-electron chi connectivity index (χ1n) is 4.90. The summed E-state index contributed by atoms with van der Waals surface area (Å²) >= 11 is 0. The number of terminal acetylenes is 1. The number of nitrogens with zero attached hydrogens (tertiary/aromatic N) is 3. The minimum absolute atomic E-state index is 0.0595. The molecule has 0 radical (unpaired) electrons. The van der Waals surface area contributed by atoms with Crippen LogP contribution < -0.4 is 4.90 Å². The number of esters is 1. The van der Waals surface area contributed by atoms with E-state index in [9.17, 15) is 9.59 Å². The summed E-state index contributed by atoms with van der Waals surface area (Å²) in [6.07, 6.45) is 6.48. The van der Waals surface area contributed by atoms with E-state index in [2.05, 4.69) is 20.6 Å². The molecule has 0 fully saturated rings. The van der Waals surface area contributed by atoms with Gasteiger partial charge in [0, 0.05) is 6.20 Å². The Hall–Kier alpha value is -2.62. The van der Waals surface area contributed by atoms with Crippen molar-refractivity contribution in [3.63, 3.8) is 0 Å². The third kappa shape index (κ3) is 3.45. The first-order chi connectivity index (χ1) is 8.58. The number of rotatable bonds is 5. The molecule has 1 aromatic heterocycles. The molecular formula is C11H11N3O4. The van der Waals surface area contributed by atoms with Crippen LogP contribution in [-0.2, 0) is 9.53 Å². The Kier molecular flexibility index (Phi) is 4.63. The highest BCUT2D eigenvalue weighted by atomic mass is 16.5. The van der Waals surface area contributed by atoms with Crippen LogP contribution in [0.15, 0.2) is 12.3 Å². The number of anilines is 1. The zero-order valence-electron chi connectivity index (χ0n) is 9.66. The van der Waals surface area contributed by atoms with E-state index >= 15 is 0 Å². The van der Waals surface area contributed by atoms with Gasteiger partial charge in [-0.1, -0.05) is 5.92 Å². The lowest BCUT2D eigenvalue weighted by molar-refractivity contribution is -0.135. The van der Waals surface area contributed by atoms with Gasteiger partial charge in [0.2, 0.25) is 5.82 Å². The van der Waals surface area contributed by atoms with Gasteiger partial charge >= 0.3 is 11.9 Å². The van der Waals surface area contributed by atoms with Crippen LogP contribution in [0.4, 0.5) is 5.82 Å². The molecule has 0 bridgehead atoms. The van der Waals surface area contributed by atoms with Gasteiger partial charge in [0.1, 0.15) is 12.4 Å². The summed E-state index contributed by atoms with van der Waals surface area (Å²) in [5.41, 5.74) is 0. The molecule has 0 aromatic carbocycles. The van der Waals surface area contributed by atoms with Crippen molar-refractivity contribution >= 4 is 17.8 Å². The van der Waals surface area contributed by atoms with Crippen molar-refractivity contribution in [3.8, 4) is 12.3 Å². The Morgan fingerprint density at radius 2 is 2.33 bits per heavy atom. The van der Waals surface area contributed by atoms with Gasteiger partial charge in [0.25, 0.3) is 0 Å². The second-order valence-electron chi connectivity index (χ2n) is 3.18. The summed E-state index contributed by atoms with van der Waals surface area (Å²) in [4.78, 5) is 30.9. The molecule has 1 aromatic rings. The summed E-state index contributed by atoms with van der Waals surface area (Å²) in [6.45, 7) is -0.258. The van der Waals surface area contributed by atoms with E-state index in [1.54, 1.807) is 0 Å². The average Bonchev–Trinajstić information content (AvgIpc) is 2.37. The van der Waals surface area contributed by atoms with Gasteiger partial charge in [-0.3, -0.25) is 4.79 Å². The fourth-order valence-corrected chi connectivity index (χ4v) is 1.21. The first kappa shape index (κ1) is 13.4. The zero-order chi connectivity index (χ0) is 13.5. The fraction of sp³-hybridized carbons (Fsp3) is 0.273. The van der Waals surface area contributed by atoms with E-state index in [0.717, 1.165) is 0 Å². The predicted octanol–water partition coefficient (Wildman–Crippen LogP) is -0.213. The van der Waals surface area contributed by atoms with E-state index < -0.39 is 11.9 Å². The van der Waals surface area contributed by atoms with Gasteiger partial charge in [-0.15, -0.1) is 6.42 Å². The van der Waals surface area contributed by atoms with Gasteiger partial charge in [-0.2, -0.15) is 0 Å². The summed E-state index contributed by atoms with van der Waals surface area (Å²) < 4.78 is 4.47. The van der Waals surface area contributed by atoms with Crippen molar-refractivity contribution in [2.75, 3.05) is 25.1 Å². The van der Waals surface area contributed by atoms with E-state index in [-0.39, 0.29) is 24.7 Å². The summed E-state index contributed by atoms with van der Waals surface area (Å²) in [6, 6.07) is 1.46. The normalized spacial score (nSPS) is 9.33. The number of hydrogen-bond acceptors (Lipinski definition) is 6. The van der Waals surface area contributed by atoms with E-state index in [4.69, 9.17) is 11.5 Å². The molecule has 7 heteroatoms. The average molecular weight is 249 g/mol. The van der Waals surface area contributed by atoms with Crippen LogP contribution in [0.25, 0.3) is 0 Å². The number of carbonyl (C=O) groups excluding carboxylic acids is 1. The standard InChI is InChI=1S/C11H11N3O4/c1-3-6-14(7-9(15)16)8-4-5-12-10(13-8)11(17)18-2/h1,4-5H,6-7H2,2H3,(H,15,16). The topological polar surface area (TPSA) is 92.6 Å². The molecule has 1 heterocycles. The maximum absolute atomic E-state index is 11.2. The van der Waals surface area contributed by atoms with Crippen LogP contribution in [0.1, 0.15) is 10.6 Å². The Morgan fingerprint density at radius 3 is 2.89 bits per heavy atom. The van der Waals surface area contributed by atoms with Gasteiger partial charge in [0.05, 0.1) is 13.7 Å². The smallest absolute Gasteiger partial charge is 0.376 e. The second kappa shape index (κ2) is 6.20. The van der Waals surface area contributed by atoms with Crippen molar-refractivity contribution in [1.82, 2.24) is 9.97 Å². The quantitative estimate of drug-likeness (QED) is 0.570. The highest BCUT2D eigenvalue weighted by Crippen LogP contribution is 2.09. The summed E-state index contributed by atoms with van der Waals surface area (Å²) in [5, 5.41) is 8.75. The molecule has 0 amide bonds. The van der Waals surface area contributed by atoms with Crippen LogP contribution in [0.5, 0.6) is 0 Å². The molecule has 0 saturated carbocycles. The van der Waals surface area contributed by atoms with Crippen molar-refractivity contribution in [1.29, 1.82) is 0 Å². The molecule has 94 valence electrons. The van der Waals surface area contributed by atoms with Crippen molar-refractivity contribution in [2.45, 2.75) is 0 Å². The maximum atomic E-state index is 11.2. The number of ether oxygens (including phenoxy) is 1. The molecule has 1 N–H and O–H groups in total. The van der Waals surface area contributed by atoms with Gasteiger partial charge in [0.15, 0.2) is 0 Å². The minimum Gasteiger partial charge on any atom is -0.480 e. The Balaban J connectivity index is 3.01. The molecule has 1 rings (SSSR count). The number of carboxylic acid groups (broad SMARTS) is 1. The minimum atomic E-state index is -1.05. The molecule has 0 aliphatic heterocycles. The van der Waals surface area contributed by atoms with Crippen LogP contribution in [-0.4, -0.2) is 47.2 Å². The van der Waals surface area contributed by atoms with Gasteiger partial charge in [-0.25, -0.2) is 14.8 Å². The Morgan fingerprint density at radius 1 is 1.61 bits per heavy atom. The maximum Gasteiger partial charge on any atom is 0.376 e. The highest BCUT2D eigenvalue weighted by molar-refractivity contribution is 5.85. The SMILES string of the molecule is C#CCN(CC(=O)O)c1ccnc(C(=O)OC)n1. The van der Waals surface area contributed by atoms with Gasteiger partial charge in [-0.05, 0) is 6.07 Å². The largest absolute Gasteiger partial charge is 0.480 e. The second-order valence-corrected chi connectivity index (χ2v) is 3.18. The van der Waals surface area contributed by atoms with Crippen LogP contribution in [0.3, 0.4) is 0 Å². The number of aromatic nitrogens is 2. The molecule has 0 aliphatic rings. The third-order valence-electron chi connectivity index (χ3n) is 1.94. The number of aliphatic carboxylic acids is 1. The molecule has 0 aliphatic carbocycles. The summed E-state index contributed by atoms with van der Waals surface area (Å²) in [5.74, 6) is 0.672. The van der Waals surface area contributed by atoms with Crippen LogP contribution in [0, 0.1) is 12.3 Å². The van der Waals surface area contributed by atoms with Crippen molar-refractivity contribution in [2.24, 2.45) is 0 Å². The molecule has 0 unspecified atom stereocenters. The highest BCUT2D eigenvalue weighted by Gasteiger charge is 2.15.